The summed E-state index contributed by atoms with van der Waals surface area (Å²) in [5.41, 5.74) is 0.632. The first-order valence-electron chi connectivity index (χ1n) is 6.54. The largest absolute Gasteiger partial charge is 0.494 e. The highest BCUT2D eigenvalue weighted by Crippen LogP contribution is 2.15. The van der Waals surface area contributed by atoms with Gasteiger partial charge in [0, 0.05) is 17.8 Å². The van der Waals surface area contributed by atoms with Crippen LogP contribution in [0.3, 0.4) is 0 Å². The van der Waals surface area contributed by atoms with Crippen molar-refractivity contribution in [2.24, 2.45) is 0 Å². The van der Waals surface area contributed by atoms with Crippen LogP contribution in [-0.4, -0.2) is 25.1 Å². The van der Waals surface area contributed by atoms with Gasteiger partial charge in [0.1, 0.15) is 5.75 Å². The molecular formula is C15H19NO4. The summed E-state index contributed by atoms with van der Waals surface area (Å²) in [6.07, 6.45) is 3.17. The molecule has 1 amide bonds. The second kappa shape index (κ2) is 8.74. The molecule has 0 fully saturated rings. The summed E-state index contributed by atoms with van der Waals surface area (Å²) in [5, 5.41) is 2.63. The molecule has 1 rings (SSSR count). The van der Waals surface area contributed by atoms with Gasteiger partial charge in [-0.1, -0.05) is 6.92 Å². The fourth-order valence-corrected chi connectivity index (χ4v) is 1.37. The number of esters is 1. The molecule has 0 unspecified atom stereocenters. The third-order valence-corrected chi connectivity index (χ3v) is 2.25. The number of carbonyl (C=O) groups excluding carboxylic acids is 2. The lowest BCUT2D eigenvalue weighted by atomic mass is 10.3. The Bertz CT molecular complexity index is 465. The molecule has 0 radical (unpaired) electrons. The van der Waals surface area contributed by atoms with Gasteiger partial charge in [0.15, 0.2) is 0 Å². The Morgan fingerprint density at radius 3 is 2.45 bits per heavy atom. The lowest BCUT2D eigenvalue weighted by Crippen LogP contribution is -2.09. The Labute approximate surface area is 118 Å². The highest BCUT2D eigenvalue weighted by atomic mass is 16.5. The Morgan fingerprint density at radius 1 is 1.15 bits per heavy atom. The molecule has 0 heterocycles. The van der Waals surface area contributed by atoms with Gasteiger partial charge in [-0.3, -0.25) is 4.79 Å². The zero-order chi connectivity index (χ0) is 14.8. The van der Waals surface area contributed by atoms with Crippen LogP contribution in [0.4, 0.5) is 5.69 Å². The molecule has 0 spiro atoms. The van der Waals surface area contributed by atoms with E-state index in [9.17, 15) is 9.59 Å². The van der Waals surface area contributed by atoms with Crippen LogP contribution in [0, 0.1) is 0 Å². The molecule has 0 aliphatic heterocycles. The van der Waals surface area contributed by atoms with Crippen LogP contribution in [-0.2, 0) is 14.3 Å². The quantitative estimate of drug-likeness (QED) is 0.614. The SMILES string of the molecule is CCCOc1ccc(NC(=O)/C=C/C(=O)OCC)cc1. The second-order valence-electron chi connectivity index (χ2n) is 3.95. The molecule has 108 valence electrons. The summed E-state index contributed by atoms with van der Waals surface area (Å²) in [6, 6.07) is 7.03. The van der Waals surface area contributed by atoms with E-state index in [4.69, 9.17) is 4.74 Å². The van der Waals surface area contributed by atoms with Crippen molar-refractivity contribution in [2.45, 2.75) is 20.3 Å². The molecule has 0 atom stereocenters. The molecular weight excluding hydrogens is 258 g/mol. The molecule has 5 nitrogen and oxygen atoms in total. The third kappa shape index (κ3) is 6.04. The van der Waals surface area contributed by atoms with Crippen LogP contribution in [0.15, 0.2) is 36.4 Å². The Hall–Kier alpha value is -2.30. The van der Waals surface area contributed by atoms with Crippen LogP contribution < -0.4 is 10.1 Å². The number of hydrogen-bond donors (Lipinski definition) is 1. The van der Waals surface area contributed by atoms with Crippen molar-refractivity contribution in [3.63, 3.8) is 0 Å². The zero-order valence-corrected chi connectivity index (χ0v) is 11.7. The van der Waals surface area contributed by atoms with E-state index in [-0.39, 0.29) is 12.5 Å². The van der Waals surface area contributed by atoms with Gasteiger partial charge in [-0.15, -0.1) is 0 Å². The van der Waals surface area contributed by atoms with Gasteiger partial charge in [0.05, 0.1) is 13.2 Å². The maximum absolute atomic E-state index is 11.5. The van der Waals surface area contributed by atoms with Crippen molar-refractivity contribution in [1.29, 1.82) is 0 Å². The summed E-state index contributed by atoms with van der Waals surface area (Å²) < 4.78 is 10.1. The zero-order valence-electron chi connectivity index (χ0n) is 11.7. The van der Waals surface area contributed by atoms with E-state index in [1.807, 2.05) is 6.92 Å². The molecule has 5 heteroatoms. The fourth-order valence-electron chi connectivity index (χ4n) is 1.37. The monoisotopic (exact) mass is 277 g/mol. The number of carbonyl (C=O) groups is 2. The number of anilines is 1. The Kier molecular flexibility index (Phi) is 6.89. The van der Waals surface area contributed by atoms with Crippen molar-refractivity contribution in [3.05, 3.63) is 36.4 Å². The van der Waals surface area contributed by atoms with Crippen LogP contribution >= 0.6 is 0 Å². The molecule has 0 saturated heterocycles. The first-order chi connectivity index (χ1) is 9.65. The molecule has 1 aromatic rings. The lowest BCUT2D eigenvalue weighted by Gasteiger charge is -2.06. The molecule has 0 aliphatic carbocycles. The van der Waals surface area contributed by atoms with Crippen molar-refractivity contribution in [1.82, 2.24) is 0 Å². The Morgan fingerprint density at radius 2 is 1.85 bits per heavy atom. The maximum atomic E-state index is 11.5. The summed E-state index contributed by atoms with van der Waals surface area (Å²) >= 11 is 0. The summed E-state index contributed by atoms with van der Waals surface area (Å²) in [4.78, 5) is 22.6. The predicted octanol–water partition coefficient (Wildman–Crippen LogP) is 2.53. The van der Waals surface area contributed by atoms with Crippen LogP contribution in [0.25, 0.3) is 0 Å². The van der Waals surface area contributed by atoms with Gasteiger partial charge >= 0.3 is 5.97 Å². The van der Waals surface area contributed by atoms with Gasteiger partial charge in [-0.05, 0) is 37.6 Å². The van der Waals surface area contributed by atoms with Gasteiger partial charge in [-0.25, -0.2) is 4.79 Å². The summed E-state index contributed by atoms with van der Waals surface area (Å²) in [7, 11) is 0. The molecule has 20 heavy (non-hydrogen) atoms. The highest BCUT2D eigenvalue weighted by Gasteiger charge is 2.00. The van der Waals surface area contributed by atoms with Crippen molar-refractivity contribution < 1.29 is 19.1 Å². The van der Waals surface area contributed by atoms with Crippen LogP contribution in [0.2, 0.25) is 0 Å². The van der Waals surface area contributed by atoms with Gasteiger partial charge < -0.3 is 14.8 Å². The summed E-state index contributed by atoms with van der Waals surface area (Å²) in [6.45, 7) is 4.68. The third-order valence-electron chi connectivity index (χ3n) is 2.25. The number of amides is 1. The fraction of sp³-hybridized carbons (Fsp3) is 0.333. The van der Waals surface area contributed by atoms with Gasteiger partial charge in [-0.2, -0.15) is 0 Å². The minimum absolute atomic E-state index is 0.282. The van der Waals surface area contributed by atoms with E-state index in [0.717, 1.165) is 24.3 Å². The normalized spacial score (nSPS) is 10.3. The first-order valence-corrected chi connectivity index (χ1v) is 6.54. The molecule has 0 saturated carbocycles. The molecule has 1 aromatic carbocycles. The molecule has 0 aliphatic rings. The molecule has 0 bridgehead atoms. The van der Waals surface area contributed by atoms with Crippen LogP contribution in [0.5, 0.6) is 5.75 Å². The van der Waals surface area contributed by atoms with E-state index in [1.165, 1.54) is 0 Å². The van der Waals surface area contributed by atoms with E-state index >= 15 is 0 Å². The summed E-state index contributed by atoms with van der Waals surface area (Å²) in [5.74, 6) is -0.168. The number of rotatable bonds is 7. The number of benzene rings is 1. The second-order valence-corrected chi connectivity index (χ2v) is 3.95. The number of ether oxygens (including phenoxy) is 2. The van der Waals surface area contributed by atoms with Gasteiger partial charge in [0.25, 0.3) is 0 Å². The first kappa shape index (κ1) is 15.8. The van der Waals surface area contributed by atoms with Gasteiger partial charge in [0.2, 0.25) is 5.91 Å². The van der Waals surface area contributed by atoms with E-state index in [0.29, 0.717) is 12.3 Å². The molecule has 1 N–H and O–H groups in total. The maximum Gasteiger partial charge on any atom is 0.330 e. The topological polar surface area (TPSA) is 64.6 Å². The standard InChI is InChI=1S/C15H19NO4/c1-3-11-20-13-7-5-12(6-8-13)16-14(17)9-10-15(18)19-4-2/h5-10H,3-4,11H2,1-2H3,(H,16,17)/b10-9+. The van der Waals surface area contributed by atoms with Crippen molar-refractivity contribution in [3.8, 4) is 5.75 Å². The minimum Gasteiger partial charge on any atom is -0.494 e. The number of hydrogen-bond acceptors (Lipinski definition) is 4. The highest BCUT2D eigenvalue weighted by molar-refractivity contribution is 6.02. The van der Waals surface area contributed by atoms with Crippen molar-refractivity contribution in [2.75, 3.05) is 18.5 Å². The smallest absolute Gasteiger partial charge is 0.330 e. The van der Waals surface area contributed by atoms with E-state index in [2.05, 4.69) is 10.1 Å². The average Bonchev–Trinajstić information content (AvgIpc) is 2.45. The van der Waals surface area contributed by atoms with Crippen LogP contribution in [0.1, 0.15) is 20.3 Å². The van der Waals surface area contributed by atoms with E-state index in [1.54, 1.807) is 31.2 Å². The van der Waals surface area contributed by atoms with E-state index < -0.39 is 5.97 Å². The Balaban J connectivity index is 2.47. The van der Waals surface area contributed by atoms with Crippen molar-refractivity contribution >= 4 is 17.6 Å². The average molecular weight is 277 g/mol. The lowest BCUT2D eigenvalue weighted by molar-refractivity contribution is -0.137. The minimum atomic E-state index is -0.536. The number of nitrogens with one attached hydrogen (secondary N) is 1. The predicted molar refractivity (Wildman–Crippen MR) is 76.6 cm³/mol. The molecule has 0 aromatic heterocycles.